The average molecular weight is 278 g/mol. The van der Waals surface area contributed by atoms with E-state index in [-0.39, 0.29) is 18.0 Å². The third kappa shape index (κ3) is 3.28. The van der Waals surface area contributed by atoms with Gasteiger partial charge in [-0.1, -0.05) is 0 Å². The van der Waals surface area contributed by atoms with Crippen LogP contribution >= 0.6 is 0 Å². The predicted octanol–water partition coefficient (Wildman–Crippen LogP) is 3.79. The molecule has 2 rings (SSSR count). The second-order valence-electron chi connectivity index (χ2n) is 4.39. The molecular weight excluding hydrogens is 266 g/mol. The summed E-state index contributed by atoms with van der Waals surface area (Å²) in [6, 6.07) is 7.87. The van der Waals surface area contributed by atoms with Crippen LogP contribution in [-0.2, 0) is 6.54 Å². The van der Waals surface area contributed by atoms with Crippen LogP contribution < -0.4 is 5.32 Å². The molecule has 0 saturated carbocycles. The molecule has 0 fully saturated rings. The van der Waals surface area contributed by atoms with Crippen molar-refractivity contribution in [1.82, 2.24) is 0 Å². The molecule has 20 heavy (non-hydrogen) atoms. The summed E-state index contributed by atoms with van der Waals surface area (Å²) < 4.78 is 26.4. The van der Waals surface area contributed by atoms with Crippen molar-refractivity contribution in [1.29, 1.82) is 0 Å². The van der Waals surface area contributed by atoms with E-state index >= 15 is 0 Å². The highest BCUT2D eigenvalue weighted by molar-refractivity contribution is 5.47. The Bertz CT molecular complexity index is 660. The Morgan fingerprint density at radius 2 is 1.95 bits per heavy atom. The molecule has 0 unspecified atom stereocenters. The molecule has 0 aromatic heterocycles. The fourth-order valence-electron chi connectivity index (χ4n) is 1.80. The Kier molecular flexibility index (Phi) is 3.93. The summed E-state index contributed by atoms with van der Waals surface area (Å²) in [6.07, 6.45) is 0. The first-order valence-corrected chi connectivity index (χ1v) is 5.89. The van der Waals surface area contributed by atoms with E-state index in [1.54, 1.807) is 19.1 Å². The second-order valence-corrected chi connectivity index (χ2v) is 4.39. The van der Waals surface area contributed by atoms with Gasteiger partial charge >= 0.3 is 0 Å². The highest BCUT2D eigenvalue weighted by atomic mass is 19.1. The van der Waals surface area contributed by atoms with E-state index in [0.29, 0.717) is 16.8 Å². The number of rotatable bonds is 4. The Balaban J connectivity index is 2.14. The monoisotopic (exact) mass is 278 g/mol. The molecule has 0 amide bonds. The van der Waals surface area contributed by atoms with Crippen molar-refractivity contribution in [2.45, 2.75) is 13.5 Å². The van der Waals surface area contributed by atoms with Gasteiger partial charge in [-0.15, -0.1) is 0 Å². The van der Waals surface area contributed by atoms with Crippen molar-refractivity contribution >= 4 is 11.4 Å². The summed E-state index contributed by atoms with van der Waals surface area (Å²) >= 11 is 0. The predicted molar refractivity (Wildman–Crippen MR) is 71.5 cm³/mol. The third-order valence-corrected chi connectivity index (χ3v) is 2.81. The molecule has 2 aromatic carbocycles. The van der Waals surface area contributed by atoms with E-state index in [9.17, 15) is 18.9 Å². The van der Waals surface area contributed by atoms with Gasteiger partial charge in [-0.3, -0.25) is 10.1 Å². The van der Waals surface area contributed by atoms with E-state index in [2.05, 4.69) is 5.32 Å². The summed E-state index contributed by atoms with van der Waals surface area (Å²) in [5.41, 5.74) is 1.30. The lowest BCUT2D eigenvalue weighted by atomic mass is 10.1. The quantitative estimate of drug-likeness (QED) is 0.683. The molecule has 0 aliphatic heterocycles. The maximum atomic E-state index is 13.2. The molecule has 0 aliphatic rings. The number of nitrogens with one attached hydrogen (secondary N) is 1. The number of hydrogen-bond donors (Lipinski definition) is 1. The van der Waals surface area contributed by atoms with Gasteiger partial charge in [0.25, 0.3) is 5.69 Å². The van der Waals surface area contributed by atoms with Crippen LogP contribution in [0.2, 0.25) is 0 Å². The van der Waals surface area contributed by atoms with Crippen LogP contribution in [0.1, 0.15) is 11.1 Å². The standard InChI is InChI=1S/C14H12F2N2O2/c1-9-4-12(2-3-14(9)16)17-8-10-5-11(15)7-13(6-10)18(19)20/h2-7,17H,8H2,1H3. The van der Waals surface area contributed by atoms with Gasteiger partial charge < -0.3 is 5.32 Å². The summed E-state index contributed by atoms with van der Waals surface area (Å²) in [7, 11) is 0. The average Bonchev–Trinajstić information content (AvgIpc) is 2.39. The van der Waals surface area contributed by atoms with Gasteiger partial charge in [0.05, 0.1) is 11.0 Å². The van der Waals surface area contributed by atoms with Crippen LogP contribution in [0, 0.1) is 28.7 Å². The van der Waals surface area contributed by atoms with Gasteiger partial charge in [-0.2, -0.15) is 0 Å². The molecule has 0 aliphatic carbocycles. The topological polar surface area (TPSA) is 55.2 Å². The van der Waals surface area contributed by atoms with Crippen LogP contribution in [-0.4, -0.2) is 4.92 Å². The molecule has 2 aromatic rings. The summed E-state index contributed by atoms with van der Waals surface area (Å²) in [5.74, 6) is -0.969. The first-order chi connectivity index (χ1) is 9.45. The maximum Gasteiger partial charge on any atom is 0.272 e. The zero-order valence-corrected chi connectivity index (χ0v) is 10.7. The maximum absolute atomic E-state index is 13.2. The Hall–Kier alpha value is -2.50. The number of hydrogen-bond acceptors (Lipinski definition) is 3. The molecular formula is C14H12F2N2O2. The number of halogens is 2. The number of aryl methyl sites for hydroxylation is 1. The van der Waals surface area contributed by atoms with Gasteiger partial charge in [0.1, 0.15) is 11.6 Å². The normalized spacial score (nSPS) is 10.3. The zero-order chi connectivity index (χ0) is 14.7. The van der Waals surface area contributed by atoms with E-state index in [1.165, 1.54) is 18.2 Å². The molecule has 0 spiro atoms. The van der Waals surface area contributed by atoms with Crippen LogP contribution in [0.5, 0.6) is 0 Å². The molecule has 6 heteroatoms. The fraction of sp³-hybridized carbons (Fsp3) is 0.143. The van der Waals surface area contributed by atoms with E-state index in [1.807, 2.05) is 0 Å². The van der Waals surface area contributed by atoms with Crippen LogP contribution in [0.4, 0.5) is 20.2 Å². The Morgan fingerprint density at radius 1 is 1.20 bits per heavy atom. The molecule has 0 saturated heterocycles. The van der Waals surface area contributed by atoms with E-state index < -0.39 is 10.7 Å². The van der Waals surface area contributed by atoms with Crippen LogP contribution in [0.25, 0.3) is 0 Å². The fourth-order valence-corrected chi connectivity index (χ4v) is 1.80. The number of nitro benzene ring substituents is 1. The number of non-ortho nitro benzene ring substituents is 1. The van der Waals surface area contributed by atoms with Gasteiger partial charge in [0, 0.05) is 18.3 Å². The SMILES string of the molecule is Cc1cc(NCc2cc(F)cc([N+](=O)[O-])c2)ccc1F. The van der Waals surface area contributed by atoms with Gasteiger partial charge in [-0.05, 0) is 42.3 Å². The summed E-state index contributed by atoms with van der Waals surface area (Å²) in [5, 5.41) is 13.6. The lowest BCUT2D eigenvalue weighted by molar-refractivity contribution is -0.385. The molecule has 0 radical (unpaired) electrons. The highest BCUT2D eigenvalue weighted by Crippen LogP contribution is 2.18. The number of nitrogens with zero attached hydrogens (tertiary/aromatic N) is 1. The van der Waals surface area contributed by atoms with Crippen molar-refractivity contribution in [3.05, 3.63) is 69.3 Å². The molecule has 0 heterocycles. The number of benzene rings is 2. The number of nitro groups is 1. The lowest BCUT2D eigenvalue weighted by Crippen LogP contribution is -2.01. The van der Waals surface area contributed by atoms with Gasteiger partial charge in [0.2, 0.25) is 0 Å². The van der Waals surface area contributed by atoms with Crippen molar-refractivity contribution in [3.8, 4) is 0 Å². The highest BCUT2D eigenvalue weighted by Gasteiger charge is 2.09. The van der Waals surface area contributed by atoms with E-state index in [0.717, 1.165) is 6.07 Å². The lowest BCUT2D eigenvalue weighted by Gasteiger charge is -2.08. The summed E-state index contributed by atoms with van der Waals surface area (Å²) in [6.45, 7) is 1.84. The Labute approximate surface area is 114 Å². The summed E-state index contributed by atoms with van der Waals surface area (Å²) in [4.78, 5) is 9.99. The van der Waals surface area contributed by atoms with Crippen LogP contribution in [0.15, 0.2) is 36.4 Å². The molecule has 104 valence electrons. The van der Waals surface area contributed by atoms with Gasteiger partial charge in [0.15, 0.2) is 0 Å². The minimum atomic E-state index is -0.661. The molecule has 0 bridgehead atoms. The van der Waals surface area contributed by atoms with Crippen molar-refractivity contribution < 1.29 is 13.7 Å². The molecule has 1 N–H and O–H groups in total. The minimum Gasteiger partial charge on any atom is -0.381 e. The minimum absolute atomic E-state index is 0.212. The first kappa shape index (κ1) is 13.9. The third-order valence-electron chi connectivity index (χ3n) is 2.81. The van der Waals surface area contributed by atoms with Crippen LogP contribution in [0.3, 0.4) is 0 Å². The van der Waals surface area contributed by atoms with Crippen molar-refractivity contribution in [3.63, 3.8) is 0 Å². The first-order valence-electron chi connectivity index (χ1n) is 5.89. The van der Waals surface area contributed by atoms with E-state index in [4.69, 9.17) is 0 Å². The Morgan fingerprint density at radius 3 is 2.60 bits per heavy atom. The largest absolute Gasteiger partial charge is 0.381 e. The molecule has 4 nitrogen and oxygen atoms in total. The second kappa shape index (κ2) is 5.64. The van der Waals surface area contributed by atoms with Crippen molar-refractivity contribution in [2.24, 2.45) is 0 Å². The zero-order valence-electron chi connectivity index (χ0n) is 10.7. The van der Waals surface area contributed by atoms with Gasteiger partial charge in [-0.25, -0.2) is 8.78 Å². The molecule has 0 atom stereocenters. The van der Waals surface area contributed by atoms with Crippen molar-refractivity contribution in [2.75, 3.05) is 5.32 Å². The number of anilines is 1. The smallest absolute Gasteiger partial charge is 0.272 e.